The summed E-state index contributed by atoms with van der Waals surface area (Å²) in [6.45, 7) is 2.79. The van der Waals surface area contributed by atoms with Crippen LogP contribution in [0.2, 0.25) is 0 Å². The minimum atomic E-state index is -0.271. The van der Waals surface area contributed by atoms with Crippen molar-refractivity contribution in [3.8, 4) is 11.3 Å². The molecule has 0 bridgehead atoms. The minimum Gasteiger partial charge on any atom is -0.344 e. The molecule has 6 heteroatoms. The fraction of sp³-hybridized carbons (Fsp3) is 0.450. The second-order valence-electron chi connectivity index (χ2n) is 7.20. The van der Waals surface area contributed by atoms with Gasteiger partial charge in [0.05, 0.1) is 12.2 Å². The van der Waals surface area contributed by atoms with Gasteiger partial charge in [-0.05, 0) is 55.2 Å². The van der Waals surface area contributed by atoms with E-state index >= 15 is 0 Å². The summed E-state index contributed by atoms with van der Waals surface area (Å²) < 4.78 is 13.0. The monoisotopic (exact) mass is 354 g/mol. The summed E-state index contributed by atoms with van der Waals surface area (Å²) >= 11 is 0. The highest BCUT2D eigenvalue weighted by atomic mass is 19.1. The quantitative estimate of drug-likeness (QED) is 0.846. The lowest BCUT2D eigenvalue weighted by Crippen LogP contribution is -2.51. The van der Waals surface area contributed by atoms with Crippen LogP contribution < -0.4 is 4.90 Å². The van der Waals surface area contributed by atoms with Crippen LogP contribution in [0.25, 0.3) is 11.3 Å². The van der Waals surface area contributed by atoms with Crippen LogP contribution in [0.3, 0.4) is 0 Å². The van der Waals surface area contributed by atoms with Crippen molar-refractivity contribution in [2.75, 3.05) is 31.1 Å². The number of nitrogens with zero attached hydrogens (tertiary/aromatic N) is 4. The smallest absolute Gasteiger partial charge is 0.242 e. The van der Waals surface area contributed by atoms with Crippen LogP contribution in [0.15, 0.2) is 36.4 Å². The van der Waals surface area contributed by atoms with E-state index in [0.29, 0.717) is 24.0 Å². The summed E-state index contributed by atoms with van der Waals surface area (Å²) in [5.41, 5.74) is 1.52. The predicted molar refractivity (Wildman–Crippen MR) is 98.2 cm³/mol. The minimum absolute atomic E-state index is 0.174. The van der Waals surface area contributed by atoms with E-state index in [1.165, 1.54) is 37.8 Å². The summed E-state index contributed by atoms with van der Waals surface area (Å²) in [5, 5.41) is 8.52. The number of aromatic nitrogens is 2. The average molecular weight is 354 g/mol. The van der Waals surface area contributed by atoms with Crippen LogP contribution in [0.1, 0.15) is 25.7 Å². The maximum atomic E-state index is 13.0. The number of halogens is 1. The first-order chi connectivity index (χ1) is 12.7. The molecule has 1 aromatic heterocycles. The number of carbonyl (C=O) groups is 1. The van der Waals surface area contributed by atoms with Crippen LogP contribution in [-0.2, 0) is 4.79 Å². The molecule has 1 saturated carbocycles. The van der Waals surface area contributed by atoms with E-state index in [1.807, 2.05) is 21.9 Å². The Balaban J connectivity index is 1.39. The van der Waals surface area contributed by atoms with E-state index < -0.39 is 0 Å². The highest BCUT2D eigenvalue weighted by Gasteiger charge is 2.28. The molecule has 136 valence electrons. The van der Waals surface area contributed by atoms with Gasteiger partial charge in [-0.1, -0.05) is 12.8 Å². The summed E-state index contributed by atoms with van der Waals surface area (Å²) in [7, 11) is 0. The third-order valence-electron chi connectivity index (χ3n) is 5.39. The lowest BCUT2D eigenvalue weighted by Gasteiger charge is -2.36. The molecule has 1 aliphatic heterocycles. The summed E-state index contributed by atoms with van der Waals surface area (Å²) in [6, 6.07) is 9.94. The van der Waals surface area contributed by atoms with Crippen LogP contribution in [0.4, 0.5) is 10.2 Å². The zero-order chi connectivity index (χ0) is 17.9. The standard InChI is InChI=1S/C20H23FN4O/c21-17-7-5-16(6-8-17)18-9-10-19(23-22-18)24-11-12-25(20(26)14-24)13-15-3-1-2-4-15/h5-10,15H,1-4,11-14H2. The number of anilines is 1. The Hall–Kier alpha value is -2.50. The van der Waals surface area contributed by atoms with Crippen LogP contribution in [0.5, 0.6) is 0 Å². The predicted octanol–water partition coefficient (Wildman–Crippen LogP) is 3.12. The first-order valence-electron chi connectivity index (χ1n) is 9.31. The molecule has 0 spiro atoms. The Labute approximate surface area is 152 Å². The van der Waals surface area contributed by atoms with Crippen LogP contribution in [-0.4, -0.2) is 47.2 Å². The second-order valence-corrected chi connectivity index (χ2v) is 7.20. The van der Waals surface area contributed by atoms with Gasteiger partial charge >= 0.3 is 0 Å². The van der Waals surface area contributed by atoms with Crippen molar-refractivity contribution in [2.45, 2.75) is 25.7 Å². The largest absolute Gasteiger partial charge is 0.344 e. The van der Waals surface area contributed by atoms with E-state index in [4.69, 9.17) is 0 Å². The molecule has 1 aromatic carbocycles. The lowest BCUT2D eigenvalue weighted by molar-refractivity contribution is -0.131. The van der Waals surface area contributed by atoms with Gasteiger partial charge in [-0.3, -0.25) is 4.79 Å². The second kappa shape index (κ2) is 7.40. The van der Waals surface area contributed by atoms with Crippen molar-refractivity contribution in [3.05, 3.63) is 42.2 Å². The highest BCUT2D eigenvalue weighted by Crippen LogP contribution is 2.26. The van der Waals surface area contributed by atoms with Gasteiger partial charge in [-0.25, -0.2) is 4.39 Å². The van der Waals surface area contributed by atoms with Crippen LogP contribution >= 0.6 is 0 Å². The van der Waals surface area contributed by atoms with Crippen molar-refractivity contribution in [2.24, 2.45) is 5.92 Å². The van der Waals surface area contributed by atoms with E-state index in [9.17, 15) is 9.18 Å². The van der Waals surface area contributed by atoms with E-state index in [2.05, 4.69) is 10.2 Å². The maximum absolute atomic E-state index is 13.0. The molecular formula is C20H23FN4O. The Kier molecular flexibility index (Phi) is 4.82. The van der Waals surface area contributed by atoms with Gasteiger partial charge < -0.3 is 9.80 Å². The first-order valence-corrected chi connectivity index (χ1v) is 9.31. The molecular weight excluding hydrogens is 331 g/mol. The summed E-state index contributed by atoms with van der Waals surface area (Å²) in [4.78, 5) is 16.5. The molecule has 1 amide bonds. The normalized spacial score (nSPS) is 18.6. The summed E-state index contributed by atoms with van der Waals surface area (Å²) in [5.74, 6) is 1.30. The molecule has 0 unspecified atom stereocenters. The third kappa shape index (κ3) is 3.69. The van der Waals surface area contributed by atoms with Gasteiger partial charge in [-0.2, -0.15) is 0 Å². The van der Waals surface area contributed by atoms with Gasteiger partial charge in [0.1, 0.15) is 5.82 Å². The molecule has 2 aromatic rings. The summed E-state index contributed by atoms with van der Waals surface area (Å²) in [6.07, 6.45) is 5.11. The van der Waals surface area contributed by atoms with Gasteiger partial charge in [-0.15, -0.1) is 10.2 Å². The molecule has 4 rings (SSSR count). The van der Waals surface area contributed by atoms with Crippen molar-refractivity contribution >= 4 is 11.7 Å². The SMILES string of the molecule is O=C1CN(c2ccc(-c3ccc(F)cc3)nn2)CCN1CC1CCCC1. The molecule has 1 aliphatic carbocycles. The number of amides is 1. The fourth-order valence-corrected chi connectivity index (χ4v) is 3.87. The van der Waals surface area contributed by atoms with Crippen molar-refractivity contribution in [3.63, 3.8) is 0 Å². The number of carbonyl (C=O) groups excluding carboxylic acids is 1. The molecule has 5 nitrogen and oxygen atoms in total. The number of rotatable bonds is 4. The Morgan fingerprint density at radius 1 is 1.00 bits per heavy atom. The van der Waals surface area contributed by atoms with Crippen molar-refractivity contribution in [1.82, 2.24) is 15.1 Å². The van der Waals surface area contributed by atoms with E-state index in [0.717, 1.165) is 25.2 Å². The molecule has 26 heavy (non-hydrogen) atoms. The van der Waals surface area contributed by atoms with Gasteiger partial charge in [0.2, 0.25) is 5.91 Å². The highest BCUT2D eigenvalue weighted by molar-refractivity contribution is 5.82. The Morgan fingerprint density at radius 3 is 2.42 bits per heavy atom. The number of hydrogen-bond acceptors (Lipinski definition) is 4. The molecule has 2 fully saturated rings. The zero-order valence-corrected chi connectivity index (χ0v) is 14.8. The molecule has 2 aliphatic rings. The lowest BCUT2D eigenvalue weighted by atomic mass is 10.1. The third-order valence-corrected chi connectivity index (χ3v) is 5.39. The van der Waals surface area contributed by atoms with Gasteiger partial charge in [0.25, 0.3) is 0 Å². The van der Waals surface area contributed by atoms with Gasteiger partial charge in [0, 0.05) is 25.2 Å². The Bertz CT molecular complexity index is 756. The molecule has 2 heterocycles. The number of hydrogen-bond donors (Lipinski definition) is 0. The number of piperazine rings is 1. The van der Waals surface area contributed by atoms with E-state index in [1.54, 1.807) is 12.1 Å². The number of benzene rings is 1. The topological polar surface area (TPSA) is 49.3 Å². The molecule has 0 atom stereocenters. The fourth-order valence-electron chi connectivity index (χ4n) is 3.87. The van der Waals surface area contributed by atoms with Crippen LogP contribution in [0, 0.1) is 11.7 Å². The zero-order valence-electron chi connectivity index (χ0n) is 14.8. The molecule has 0 N–H and O–H groups in total. The average Bonchev–Trinajstić information content (AvgIpc) is 3.17. The maximum Gasteiger partial charge on any atom is 0.242 e. The van der Waals surface area contributed by atoms with Crippen molar-refractivity contribution < 1.29 is 9.18 Å². The van der Waals surface area contributed by atoms with E-state index in [-0.39, 0.29) is 11.7 Å². The van der Waals surface area contributed by atoms with Gasteiger partial charge in [0.15, 0.2) is 5.82 Å². The van der Waals surface area contributed by atoms with Crippen molar-refractivity contribution in [1.29, 1.82) is 0 Å². The Morgan fingerprint density at radius 2 is 1.77 bits per heavy atom. The molecule has 1 saturated heterocycles. The first kappa shape index (κ1) is 16.9. The molecule has 0 radical (unpaired) electrons.